The van der Waals surface area contributed by atoms with Crippen LogP contribution in [0.5, 0.6) is 0 Å². The number of sulfone groups is 1. The van der Waals surface area contributed by atoms with Crippen LogP contribution >= 0.6 is 0 Å². The Morgan fingerprint density at radius 2 is 1.92 bits per heavy atom. The van der Waals surface area contributed by atoms with Gasteiger partial charge in [-0.25, -0.2) is 8.42 Å². The SMILES string of the molecule is CCCNCC1CCS(=O)(=O)CC1. The molecule has 0 atom stereocenters. The molecule has 0 amide bonds. The molecule has 0 aromatic carbocycles. The lowest BCUT2D eigenvalue weighted by Gasteiger charge is -2.21. The molecule has 0 saturated carbocycles. The van der Waals surface area contributed by atoms with Gasteiger partial charge in [0.25, 0.3) is 0 Å². The molecule has 1 rings (SSSR count). The van der Waals surface area contributed by atoms with Crippen molar-refractivity contribution in [2.24, 2.45) is 5.92 Å². The molecule has 1 aliphatic rings. The molecule has 1 heterocycles. The molecule has 0 unspecified atom stereocenters. The Bertz CT molecular complexity index is 222. The van der Waals surface area contributed by atoms with Crippen LogP contribution in [0.3, 0.4) is 0 Å². The van der Waals surface area contributed by atoms with Gasteiger partial charge in [0.05, 0.1) is 11.5 Å². The zero-order valence-electron chi connectivity index (χ0n) is 8.25. The summed E-state index contributed by atoms with van der Waals surface area (Å²) in [6, 6.07) is 0. The molecule has 1 aliphatic heterocycles. The highest BCUT2D eigenvalue weighted by atomic mass is 32.2. The molecule has 78 valence electrons. The van der Waals surface area contributed by atoms with Crippen LogP contribution < -0.4 is 5.32 Å². The van der Waals surface area contributed by atoms with E-state index in [1.54, 1.807) is 0 Å². The van der Waals surface area contributed by atoms with Crippen molar-refractivity contribution in [3.63, 3.8) is 0 Å². The Kier molecular flexibility index (Phi) is 4.19. The van der Waals surface area contributed by atoms with Crippen molar-refractivity contribution in [3.05, 3.63) is 0 Å². The van der Waals surface area contributed by atoms with Crippen molar-refractivity contribution in [3.8, 4) is 0 Å². The normalized spacial score (nSPS) is 23.2. The summed E-state index contributed by atoms with van der Waals surface area (Å²) in [5.41, 5.74) is 0. The van der Waals surface area contributed by atoms with E-state index in [0.717, 1.165) is 32.4 Å². The number of hydrogen-bond donors (Lipinski definition) is 1. The fraction of sp³-hybridized carbons (Fsp3) is 1.00. The molecule has 1 N–H and O–H groups in total. The summed E-state index contributed by atoms with van der Waals surface area (Å²) in [7, 11) is -2.67. The fourth-order valence-corrected chi connectivity index (χ4v) is 3.21. The van der Waals surface area contributed by atoms with Crippen molar-refractivity contribution >= 4 is 9.84 Å². The predicted molar refractivity (Wildman–Crippen MR) is 54.5 cm³/mol. The molecule has 0 aromatic rings. The highest BCUT2D eigenvalue weighted by Crippen LogP contribution is 2.17. The third kappa shape index (κ3) is 4.09. The van der Waals surface area contributed by atoms with E-state index in [1.807, 2.05) is 0 Å². The van der Waals surface area contributed by atoms with Gasteiger partial charge in [-0.05, 0) is 38.3 Å². The van der Waals surface area contributed by atoms with E-state index in [1.165, 1.54) is 0 Å². The zero-order chi connectivity index (χ0) is 9.73. The average Bonchev–Trinajstić information content (AvgIpc) is 2.08. The minimum absolute atomic E-state index is 0.394. The van der Waals surface area contributed by atoms with Gasteiger partial charge in [-0.3, -0.25) is 0 Å². The Morgan fingerprint density at radius 1 is 1.31 bits per heavy atom. The molecule has 0 radical (unpaired) electrons. The number of nitrogens with one attached hydrogen (secondary N) is 1. The van der Waals surface area contributed by atoms with Gasteiger partial charge >= 0.3 is 0 Å². The molecule has 1 fully saturated rings. The van der Waals surface area contributed by atoms with Gasteiger partial charge in [0.1, 0.15) is 9.84 Å². The van der Waals surface area contributed by atoms with Crippen LogP contribution in [-0.2, 0) is 9.84 Å². The first-order valence-electron chi connectivity index (χ1n) is 5.05. The van der Waals surface area contributed by atoms with Crippen LogP contribution in [0.15, 0.2) is 0 Å². The minimum atomic E-state index is -2.67. The second-order valence-electron chi connectivity index (χ2n) is 3.80. The molecule has 13 heavy (non-hydrogen) atoms. The van der Waals surface area contributed by atoms with Crippen LogP contribution in [0.1, 0.15) is 26.2 Å². The summed E-state index contributed by atoms with van der Waals surface area (Å²) >= 11 is 0. The van der Waals surface area contributed by atoms with Gasteiger partial charge < -0.3 is 5.32 Å². The minimum Gasteiger partial charge on any atom is -0.316 e. The van der Waals surface area contributed by atoms with Crippen LogP contribution in [0.25, 0.3) is 0 Å². The van der Waals surface area contributed by atoms with Crippen molar-refractivity contribution in [1.29, 1.82) is 0 Å². The molecule has 0 aliphatic carbocycles. The van der Waals surface area contributed by atoms with Crippen LogP contribution in [0.2, 0.25) is 0 Å². The van der Waals surface area contributed by atoms with Crippen molar-refractivity contribution < 1.29 is 8.42 Å². The molecule has 0 spiro atoms. The Labute approximate surface area is 80.8 Å². The molecule has 0 aromatic heterocycles. The highest BCUT2D eigenvalue weighted by molar-refractivity contribution is 7.91. The second-order valence-corrected chi connectivity index (χ2v) is 6.10. The highest BCUT2D eigenvalue weighted by Gasteiger charge is 2.22. The summed E-state index contributed by atoms with van der Waals surface area (Å²) < 4.78 is 22.2. The summed E-state index contributed by atoms with van der Waals surface area (Å²) in [6.07, 6.45) is 2.84. The van der Waals surface area contributed by atoms with Crippen molar-refractivity contribution in [1.82, 2.24) is 5.32 Å². The molecule has 3 nitrogen and oxygen atoms in total. The second kappa shape index (κ2) is 4.96. The van der Waals surface area contributed by atoms with Crippen molar-refractivity contribution in [2.45, 2.75) is 26.2 Å². The summed E-state index contributed by atoms with van der Waals surface area (Å²) in [6.45, 7) is 4.17. The molecule has 4 heteroatoms. The first-order chi connectivity index (χ1) is 6.14. The van der Waals surface area contributed by atoms with Crippen molar-refractivity contribution in [2.75, 3.05) is 24.6 Å². The Balaban J connectivity index is 2.18. The largest absolute Gasteiger partial charge is 0.316 e. The number of hydrogen-bond acceptors (Lipinski definition) is 3. The molecule has 0 bridgehead atoms. The van der Waals surface area contributed by atoms with E-state index >= 15 is 0 Å². The van der Waals surface area contributed by atoms with E-state index in [2.05, 4.69) is 12.2 Å². The zero-order valence-corrected chi connectivity index (χ0v) is 9.07. The number of rotatable bonds is 4. The van der Waals surface area contributed by atoms with E-state index in [9.17, 15) is 8.42 Å². The topological polar surface area (TPSA) is 46.2 Å². The lowest BCUT2D eigenvalue weighted by Crippen LogP contribution is -2.31. The van der Waals surface area contributed by atoms with Gasteiger partial charge in [-0.15, -0.1) is 0 Å². The Hall–Kier alpha value is -0.0900. The van der Waals surface area contributed by atoms with Gasteiger partial charge in [0.15, 0.2) is 0 Å². The summed E-state index contributed by atoms with van der Waals surface area (Å²) in [4.78, 5) is 0. The predicted octanol–water partition coefficient (Wildman–Crippen LogP) is 0.811. The average molecular weight is 205 g/mol. The maximum absolute atomic E-state index is 11.1. The molecule has 1 saturated heterocycles. The van der Waals surface area contributed by atoms with E-state index in [-0.39, 0.29) is 0 Å². The third-order valence-electron chi connectivity index (χ3n) is 2.53. The monoisotopic (exact) mass is 205 g/mol. The lowest BCUT2D eigenvalue weighted by molar-refractivity contribution is 0.433. The fourth-order valence-electron chi connectivity index (χ4n) is 1.63. The van der Waals surface area contributed by atoms with Gasteiger partial charge in [0, 0.05) is 0 Å². The summed E-state index contributed by atoms with van der Waals surface area (Å²) in [5, 5.41) is 3.34. The quantitative estimate of drug-likeness (QED) is 0.691. The molecular formula is C9H19NO2S. The van der Waals surface area contributed by atoms with Crippen LogP contribution in [0, 0.1) is 5.92 Å². The van der Waals surface area contributed by atoms with Gasteiger partial charge in [-0.2, -0.15) is 0 Å². The van der Waals surface area contributed by atoms with Crippen LogP contribution in [0.4, 0.5) is 0 Å². The molecular weight excluding hydrogens is 186 g/mol. The standard InChI is InChI=1S/C9H19NO2S/c1-2-5-10-8-9-3-6-13(11,12)7-4-9/h9-10H,2-8H2,1H3. The summed E-state index contributed by atoms with van der Waals surface area (Å²) in [5.74, 6) is 1.37. The van der Waals surface area contributed by atoms with Gasteiger partial charge in [0.2, 0.25) is 0 Å². The van der Waals surface area contributed by atoms with Gasteiger partial charge in [-0.1, -0.05) is 6.92 Å². The lowest BCUT2D eigenvalue weighted by atomic mass is 10.0. The van der Waals surface area contributed by atoms with E-state index in [0.29, 0.717) is 17.4 Å². The van der Waals surface area contributed by atoms with Crippen LogP contribution in [-0.4, -0.2) is 33.0 Å². The first-order valence-corrected chi connectivity index (χ1v) is 6.87. The van der Waals surface area contributed by atoms with E-state index in [4.69, 9.17) is 0 Å². The maximum atomic E-state index is 11.1. The first kappa shape index (κ1) is 11.0. The van der Waals surface area contributed by atoms with E-state index < -0.39 is 9.84 Å². The Morgan fingerprint density at radius 3 is 2.46 bits per heavy atom. The smallest absolute Gasteiger partial charge is 0.150 e. The third-order valence-corrected chi connectivity index (χ3v) is 4.25. The maximum Gasteiger partial charge on any atom is 0.150 e.